The standard InChI is InChI=1S/C21H34O3/c1-6-8-9-12-15-21(17(3)4,20(22)24-7-2)16-18-13-10-11-14-19(18)23-5/h10-11,13-14,17H,6-9,12,15-16H2,1-5H3. The highest BCUT2D eigenvalue weighted by Crippen LogP contribution is 2.40. The molecule has 1 unspecified atom stereocenters. The average molecular weight is 335 g/mol. The molecule has 3 nitrogen and oxygen atoms in total. The molecular weight excluding hydrogens is 300 g/mol. The smallest absolute Gasteiger partial charge is 0.312 e. The van der Waals surface area contributed by atoms with Gasteiger partial charge in [0.1, 0.15) is 5.75 Å². The van der Waals surface area contributed by atoms with Crippen molar-refractivity contribution >= 4 is 5.97 Å². The molecule has 0 amide bonds. The summed E-state index contributed by atoms with van der Waals surface area (Å²) in [4.78, 5) is 12.9. The summed E-state index contributed by atoms with van der Waals surface area (Å²) in [5, 5.41) is 0. The Balaban J connectivity index is 3.11. The topological polar surface area (TPSA) is 35.5 Å². The maximum atomic E-state index is 12.9. The first-order valence-electron chi connectivity index (χ1n) is 9.30. The molecule has 0 aliphatic rings. The van der Waals surface area contributed by atoms with Gasteiger partial charge in [-0.1, -0.05) is 64.7 Å². The lowest BCUT2D eigenvalue weighted by molar-refractivity contribution is -0.159. The average Bonchev–Trinajstić information content (AvgIpc) is 2.57. The molecule has 0 fully saturated rings. The number of methoxy groups -OCH3 is 1. The first-order chi connectivity index (χ1) is 11.5. The molecule has 0 N–H and O–H groups in total. The zero-order chi connectivity index (χ0) is 18.0. The zero-order valence-electron chi connectivity index (χ0n) is 16.1. The minimum Gasteiger partial charge on any atom is -0.496 e. The Labute approximate surface area is 147 Å². The summed E-state index contributed by atoms with van der Waals surface area (Å²) in [7, 11) is 1.68. The Kier molecular flexibility index (Phi) is 8.88. The summed E-state index contributed by atoms with van der Waals surface area (Å²) in [6.07, 6.45) is 6.16. The number of benzene rings is 1. The number of unbranched alkanes of at least 4 members (excludes halogenated alkanes) is 3. The van der Waals surface area contributed by atoms with Crippen LogP contribution in [-0.4, -0.2) is 19.7 Å². The molecule has 0 bridgehead atoms. The van der Waals surface area contributed by atoms with E-state index in [1.165, 1.54) is 12.8 Å². The van der Waals surface area contributed by atoms with Crippen LogP contribution < -0.4 is 4.74 Å². The molecule has 0 radical (unpaired) electrons. The molecule has 0 heterocycles. The SMILES string of the molecule is CCCCCCC(Cc1ccccc1OC)(C(=O)OCC)C(C)C. The predicted molar refractivity (Wildman–Crippen MR) is 99.4 cm³/mol. The van der Waals surface area contributed by atoms with Crippen molar-refractivity contribution < 1.29 is 14.3 Å². The van der Waals surface area contributed by atoms with Crippen molar-refractivity contribution in [3.8, 4) is 5.75 Å². The fourth-order valence-electron chi connectivity index (χ4n) is 3.32. The van der Waals surface area contributed by atoms with Gasteiger partial charge >= 0.3 is 5.97 Å². The highest BCUT2D eigenvalue weighted by molar-refractivity contribution is 5.77. The van der Waals surface area contributed by atoms with Gasteiger partial charge in [0.05, 0.1) is 19.1 Å². The first kappa shape index (κ1) is 20.5. The van der Waals surface area contributed by atoms with Crippen LogP contribution in [-0.2, 0) is 16.0 Å². The van der Waals surface area contributed by atoms with E-state index < -0.39 is 5.41 Å². The van der Waals surface area contributed by atoms with Crippen LogP contribution in [0.5, 0.6) is 5.75 Å². The van der Waals surface area contributed by atoms with Gasteiger partial charge in [0.15, 0.2) is 0 Å². The second kappa shape index (κ2) is 10.4. The number of carbonyl (C=O) groups is 1. The minimum absolute atomic E-state index is 0.0672. The molecule has 0 aromatic heterocycles. The second-order valence-corrected chi connectivity index (χ2v) is 6.83. The molecule has 1 atom stereocenters. The van der Waals surface area contributed by atoms with Crippen molar-refractivity contribution in [3.63, 3.8) is 0 Å². The van der Waals surface area contributed by atoms with E-state index in [4.69, 9.17) is 9.47 Å². The van der Waals surface area contributed by atoms with Crippen LogP contribution in [0, 0.1) is 11.3 Å². The van der Waals surface area contributed by atoms with Crippen molar-refractivity contribution in [1.29, 1.82) is 0 Å². The van der Waals surface area contributed by atoms with E-state index in [1.807, 2.05) is 25.1 Å². The van der Waals surface area contributed by atoms with Crippen molar-refractivity contribution in [2.75, 3.05) is 13.7 Å². The highest BCUT2D eigenvalue weighted by atomic mass is 16.5. The molecule has 0 spiro atoms. The van der Waals surface area contributed by atoms with Crippen LogP contribution in [0.1, 0.15) is 65.4 Å². The Morgan fingerprint density at radius 1 is 1.12 bits per heavy atom. The van der Waals surface area contributed by atoms with Crippen LogP contribution in [0.15, 0.2) is 24.3 Å². The predicted octanol–water partition coefficient (Wildman–Crippen LogP) is 5.41. The first-order valence-corrected chi connectivity index (χ1v) is 9.30. The highest BCUT2D eigenvalue weighted by Gasteiger charge is 2.42. The number of hydrogen-bond acceptors (Lipinski definition) is 3. The Bertz CT molecular complexity index is 496. The van der Waals surface area contributed by atoms with Crippen LogP contribution in [0.3, 0.4) is 0 Å². The molecule has 1 aromatic carbocycles. The maximum absolute atomic E-state index is 12.9. The summed E-state index contributed by atoms with van der Waals surface area (Å²) in [5.41, 5.74) is 0.593. The molecular formula is C21H34O3. The zero-order valence-corrected chi connectivity index (χ0v) is 16.1. The fraction of sp³-hybridized carbons (Fsp3) is 0.667. The fourth-order valence-corrected chi connectivity index (χ4v) is 3.32. The maximum Gasteiger partial charge on any atom is 0.312 e. The van der Waals surface area contributed by atoms with E-state index >= 15 is 0 Å². The van der Waals surface area contributed by atoms with E-state index in [0.717, 1.165) is 30.6 Å². The molecule has 24 heavy (non-hydrogen) atoms. The van der Waals surface area contributed by atoms with Crippen molar-refractivity contribution in [1.82, 2.24) is 0 Å². The van der Waals surface area contributed by atoms with Gasteiger partial charge in [-0.3, -0.25) is 4.79 Å². The van der Waals surface area contributed by atoms with Crippen LogP contribution in [0.2, 0.25) is 0 Å². The number of ether oxygens (including phenoxy) is 2. The van der Waals surface area contributed by atoms with E-state index in [1.54, 1.807) is 7.11 Å². The molecule has 0 saturated carbocycles. The third-order valence-corrected chi connectivity index (χ3v) is 4.96. The van der Waals surface area contributed by atoms with Crippen molar-refractivity contribution in [2.24, 2.45) is 11.3 Å². The van der Waals surface area contributed by atoms with E-state index in [0.29, 0.717) is 13.0 Å². The van der Waals surface area contributed by atoms with E-state index in [-0.39, 0.29) is 11.9 Å². The Morgan fingerprint density at radius 2 is 1.83 bits per heavy atom. The largest absolute Gasteiger partial charge is 0.496 e. The minimum atomic E-state index is -0.488. The summed E-state index contributed by atoms with van der Waals surface area (Å²) in [6.45, 7) is 8.77. The molecule has 1 rings (SSSR count). The number of para-hydroxylation sites is 1. The van der Waals surface area contributed by atoms with E-state index in [2.05, 4.69) is 26.8 Å². The van der Waals surface area contributed by atoms with Crippen LogP contribution in [0.25, 0.3) is 0 Å². The number of hydrogen-bond donors (Lipinski definition) is 0. The number of rotatable bonds is 11. The number of carbonyl (C=O) groups excluding carboxylic acids is 1. The quantitative estimate of drug-likeness (QED) is 0.401. The Hall–Kier alpha value is -1.51. The molecule has 0 aliphatic carbocycles. The summed E-state index contributed by atoms with van der Waals surface area (Å²) in [5.74, 6) is 0.992. The molecule has 3 heteroatoms. The second-order valence-electron chi connectivity index (χ2n) is 6.83. The van der Waals surface area contributed by atoms with Gasteiger partial charge in [-0.15, -0.1) is 0 Å². The lowest BCUT2D eigenvalue weighted by Gasteiger charge is -2.36. The van der Waals surface area contributed by atoms with Crippen molar-refractivity contribution in [3.05, 3.63) is 29.8 Å². The van der Waals surface area contributed by atoms with Gasteiger partial charge in [0, 0.05) is 0 Å². The third kappa shape index (κ3) is 5.25. The van der Waals surface area contributed by atoms with Gasteiger partial charge in [0.25, 0.3) is 0 Å². The van der Waals surface area contributed by atoms with Gasteiger partial charge < -0.3 is 9.47 Å². The van der Waals surface area contributed by atoms with Gasteiger partial charge in [0.2, 0.25) is 0 Å². The monoisotopic (exact) mass is 334 g/mol. The van der Waals surface area contributed by atoms with Gasteiger partial charge in [-0.05, 0) is 37.3 Å². The molecule has 0 aliphatic heterocycles. The summed E-state index contributed by atoms with van der Waals surface area (Å²) >= 11 is 0. The van der Waals surface area contributed by atoms with Gasteiger partial charge in [-0.2, -0.15) is 0 Å². The van der Waals surface area contributed by atoms with Crippen LogP contribution in [0.4, 0.5) is 0 Å². The summed E-state index contributed by atoms with van der Waals surface area (Å²) in [6, 6.07) is 7.99. The number of esters is 1. The Morgan fingerprint density at radius 3 is 2.42 bits per heavy atom. The normalized spacial score (nSPS) is 13.6. The van der Waals surface area contributed by atoms with Gasteiger partial charge in [-0.25, -0.2) is 0 Å². The van der Waals surface area contributed by atoms with Crippen molar-refractivity contribution in [2.45, 2.75) is 66.2 Å². The van der Waals surface area contributed by atoms with E-state index in [9.17, 15) is 4.79 Å². The lowest BCUT2D eigenvalue weighted by atomic mass is 9.69. The molecule has 1 aromatic rings. The van der Waals surface area contributed by atoms with Crippen LogP contribution >= 0.6 is 0 Å². The lowest BCUT2D eigenvalue weighted by Crippen LogP contribution is -2.40. The third-order valence-electron chi connectivity index (χ3n) is 4.96. The summed E-state index contributed by atoms with van der Waals surface area (Å²) < 4.78 is 11.0. The molecule has 136 valence electrons. The molecule has 0 saturated heterocycles.